The van der Waals surface area contributed by atoms with Crippen LogP contribution in [0.4, 0.5) is 0 Å². The average Bonchev–Trinajstić information content (AvgIpc) is 2.91. The Labute approximate surface area is 116 Å². The molecule has 2 atom stereocenters. The van der Waals surface area contributed by atoms with Crippen molar-refractivity contribution in [3.8, 4) is 0 Å². The summed E-state index contributed by atoms with van der Waals surface area (Å²) >= 11 is 0. The average molecular weight is 300 g/mol. The van der Waals surface area contributed by atoms with Gasteiger partial charge in [0.15, 0.2) is 15.7 Å². The number of sulfone groups is 1. The molecular formula is C11H16N4O4S. The first-order valence-corrected chi connectivity index (χ1v) is 8.54. The van der Waals surface area contributed by atoms with Gasteiger partial charge in [0.1, 0.15) is 0 Å². The second-order valence-electron chi connectivity index (χ2n) is 5.53. The van der Waals surface area contributed by atoms with Gasteiger partial charge < -0.3 is 0 Å². The molecule has 3 rings (SSSR count). The van der Waals surface area contributed by atoms with Gasteiger partial charge in [-0.1, -0.05) is 0 Å². The fraction of sp³-hybridized carbons (Fsp3) is 0.818. The lowest BCUT2D eigenvalue weighted by Gasteiger charge is -2.15. The van der Waals surface area contributed by atoms with E-state index in [2.05, 4.69) is 10.1 Å². The highest BCUT2D eigenvalue weighted by atomic mass is 32.2. The number of aromatic nitrogens is 3. The maximum atomic E-state index is 11.4. The van der Waals surface area contributed by atoms with Gasteiger partial charge in [0.05, 0.1) is 11.5 Å². The molecule has 2 aliphatic heterocycles. The molecule has 0 spiro atoms. The topological polar surface area (TPSA) is 108 Å². The fourth-order valence-corrected chi connectivity index (χ4v) is 4.82. The van der Waals surface area contributed by atoms with Crippen LogP contribution in [0, 0.1) is 16.0 Å². The van der Waals surface area contributed by atoms with Gasteiger partial charge >= 0.3 is 0 Å². The quantitative estimate of drug-likeness (QED) is 0.589. The summed E-state index contributed by atoms with van der Waals surface area (Å²) in [6.45, 7) is 0.648. The Morgan fingerprint density at radius 1 is 1.40 bits per heavy atom. The third kappa shape index (κ3) is 2.54. The number of rotatable bonds is 3. The van der Waals surface area contributed by atoms with Gasteiger partial charge in [-0.3, -0.25) is 10.1 Å². The summed E-state index contributed by atoms with van der Waals surface area (Å²) in [5, 5.41) is 15.3. The van der Waals surface area contributed by atoms with E-state index in [9.17, 15) is 18.5 Å². The van der Waals surface area contributed by atoms with E-state index in [1.165, 1.54) is 0 Å². The third-order valence-electron chi connectivity index (χ3n) is 3.94. The highest BCUT2D eigenvalue weighted by Gasteiger charge is 2.34. The van der Waals surface area contributed by atoms with Crippen LogP contribution in [0.3, 0.4) is 0 Å². The van der Waals surface area contributed by atoms with Gasteiger partial charge in [-0.05, 0) is 18.8 Å². The van der Waals surface area contributed by atoms with Crippen molar-refractivity contribution in [1.82, 2.24) is 14.8 Å². The Balaban J connectivity index is 1.78. The number of fused-ring (bicyclic) bond motifs is 1. The first-order chi connectivity index (χ1) is 9.44. The van der Waals surface area contributed by atoms with Gasteiger partial charge in [-0.25, -0.2) is 18.1 Å². The molecule has 110 valence electrons. The SMILES string of the molecule is O=[N+]([O-])C1CCCn2nc(CC3CCS(=O)(=O)C3)nc21. The summed E-state index contributed by atoms with van der Waals surface area (Å²) in [7, 11) is -2.91. The maximum absolute atomic E-state index is 11.4. The van der Waals surface area contributed by atoms with Crippen LogP contribution in [0.25, 0.3) is 0 Å². The van der Waals surface area contributed by atoms with Crippen molar-refractivity contribution >= 4 is 9.84 Å². The zero-order chi connectivity index (χ0) is 14.3. The Hall–Kier alpha value is -1.51. The highest BCUT2D eigenvalue weighted by Crippen LogP contribution is 2.27. The van der Waals surface area contributed by atoms with Gasteiger partial charge in [0.2, 0.25) is 5.82 Å². The molecule has 0 N–H and O–H groups in total. The van der Waals surface area contributed by atoms with Gasteiger partial charge in [-0.2, -0.15) is 5.10 Å². The Morgan fingerprint density at radius 3 is 2.85 bits per heavy atom. The lowest BCUT2D eigenvalue weighted by atomic mass is 10.1. The van der Waals surface area contributed by atoms with E-state index in [0.717, 1.165) is 6.42 Å². The second-order valence-corrected chi connectivity index (χ2v) is 7.75. The first kappa shape index (κ1) is 13.5. The molecule has 2 unspecified atom stereocenters. The molecule has 0 amide bonds. The summed E-state index contributed by atoms with van der Waals surface area (Å²) in [4.78, 5) is 15.0. The molecule has 1 fully saturated rings. The molecule has 0 bridgehead atoms. The minimum atomic E-state index is -2.91. The molecule has 0 radical (unpaired) electrons. The van der Waals surface area contributed by atoms with Gasteiger partial charge in [0, 0.05) is 24.3 Å². The van der Waals surface area contributed by atoms with Gasteiger partial charge in [0.25, 0.3) is 6.04 Å². The number of hydrogen-bond donors (Lipinski definition) is 0. The Morgan fingerprint density at radius 2 is 2.20 bits per heavy atom. The molecule has 20 heavy (non-hydrogen) atoms. The van der Waals surface area contributed by atoms with Crippen molar-refractivity contribution in [1.29, 1.82) is 0 Å². The molecule has 2 aliphatic rings. The minimum absolute atomic E-state index is 0.0403. The molecule has 1 aromatic heterocycles. The van der Waals surface area contributed by atoms with Crippen molar-refractivity contribution < 1.29 is 13.3 Å². The number of nitrogens with zero attached hydrogens (tertiary/aromatic N) is 4. The zero-order valence-electron chi connectivity index (χ0n) is 10.9. The maximum Gasteiger partial charge on any atom is 0.271 e. The van der Waals surface area contributed by atoms with Crippen molar-refractivity contribution in [2.75, 3.05) is 11.5 Å². The van der Waals surface area contributed by atoms with Crippen molar-refractivity contribution in [3.63, 3.8) is 0 Å². The van der Waals surface area contributed by atoms with Crippen LogP contribution in [-0.4, -0.2) is 39.6 Å². The number of hydrogen-bond acceptors (Lipinski definition) is 6. The first-order valence-electron chi connectivity index (χ1n) is 6.72. The Kier molecular flexibility index (Phi) is 3.23. The van der Waals surface area contributed by atoms with Crippen LogP contribution in [-0.2, 0) is 22.8 Å². The summed E-state index contributed by atoms with van der Waals surface area (Å²) in [6.07, 6.45) is 2.33. The van der Waals surface area contributed by atoms with E-state index in [0.29, 0.717) is 37.5 Å². The summed E-state index contributed by atoms with van der Waals surface area (Å²) < 4.78 is 24.5. The van der Waals surface area contributed by atoms with E-state index in [-0.39, 0.29) is 22.3 Å². The molecule has 1 aromatic rings. The van der Waals surface area contributed by atoms with Crippen molar-refractivity contribution in [2.24, 2.45) is 5.92 Å². The molecular weight excluding hydrogens is 284 g/mol. The summed E-state index contributed by atoms with van der Waals surface area (Å²) in [5.74, 6) is 1.39. The smallest absolute Gasteiger partial charge is 0.264 e. The highest BCUT2D eigenvalue weighted by molar-refractivity contribution is 7.91. The van der Waals surface area contributed by atoms with Crippen LogP contribution in [0.2, 0.25) is 0 Å². The van der Waals surface area contributed by atoms with Crippen LogP contribution in [0.1, 0.15) is 37.0 Å². The minimum Gasteiger partial charge on any atom is -0.264 e. The largest absolute Gasteiger partial charge is 0.271 e. The van der Waals surface area contributed by atoms with Crippen LogP contribution in [0.15, 0.2) is 0 Å². The molecule has 0 aliphatic carbocycles. The van der Waals surface area contributed by atoms with Crippen LogP contribution >= 0.6 is 0 Å². The molecule has 1 saturated heterocycles. The molecule has 3 heterocycles. The third-order valence-corrected chi connectivity index (χ3v) is 5.78. The predicted molar refractivity (Wildman–Crippen MR) is 69.5 cm³/mol. The molecule has 0 saturated carbocycles. The second kappa shape index (κ2) is 4.80. The van der Waals surface area contributed by atoms with Crippen molar-refractivity contribution in [3.05, 3.63) is 21.8 Å². The lowest BCUT2D eigenvalue weighted by Crippen LogP contribution is -2.22. The fourth-order valence-electron chi connectivity index (χ4n) is 2.95. The number of nitro groups is 1. The summed E-state index contributed by atoms with van der Waals surface area (Å²) in [6, 6.07) is -0.780. The van der Waals surface area contributed by atoms with E-state index in [1.54, 1.807) is 4.68 Å². The van der Waals surface area contributed by atoms with E-state index in [1.807, 2.05) is 0 Å². The van der Waals surface area contributed by atoms with Crippen molar-refractivity contribution in [2.45, 2.75) is 38.3 Å². The monoisotopic (exact) mass is 300 g/mol. The predicted octanol–water partition coefficient (Wildman–Crippen LogP) is 0.367. The van der Waals surface area contributed by atoms with Crippen LogP contribution < -0.4 is 0 Å². The number of aryl methyl sites for hydroxylation is 1. The van der Waals surface area contributed by atoms with Crippen LogP contribution in [0.5, 0.6) is 0 Å². The van der Waals surface area contributed by atoms with E-state index < -0.39 is 15.9 Å². The molecule has 8 nitrogen and oxygen atoms in total. The van der Waals surface area contributed by atoms with E-state index in [4.69, 9.17) is 0 Å². The Bertz CT molecular complexity index is 639. The molecule has 0 aromatic carbocycles. The summed E-state index contributed by atoms with van der Waals surface area (Å²) in [5.41, 5.74) is 0. The molecule has 9 heteroatoms. The standard InChI is InChI=1S/C11H16N4O4S/c16-15(17)9-2-1-4-14-11(9)12-10(13-14)6-8-3-5-20(18,19)7-8/h8-9H,1-7H2. The zero-order valence-corrected chi connectivity index (χ0v) is 11.8. The van der Waals surface area contributed by atoms with E-state index >= 15 is 0 Å². The lowest BCUT2D eigenvalue weighted by molar-refractivity contribution is -0.533. The normalized spacial score (nSPS) is 28.2. The van der Waals surface area contributed by atoms with Gasteiger partial charge in [-0.15, -0.1) is 0 Å².